The van der Waals surface area contributed by atoms with Crippen molar-refractivity contribution in [2.45, 2.75) is 0 Å². The van der Waals surface area contributed by atoms with Gasteiger partial charge in [-0.25, -0.2) is 9.59 Å². The second kappa shape index (κ2) is 3.78. The lowest BCUT2D eigenvalue weighted by Crippen LogP contribution is -2.25. The van der Waals surface area contributed by atoms with E-state index in [4.69, 9.17) is 10.2 Å². The third-order valence-electron chi connectivity index (χ3n) is 1.78. The van der Waals surface area contributed by atoms with Gasteiger partial charge >= 0.3 is 12.1 Å². The molecule has 0 aliphatic heterocycles. The van der Waals surface area contributed by atoms with Gasteiger partial charge in [0.1, 0.15) is 0 Å². The van der Waals surface area contributed by atoms with E-state index in [-0.39, 0.29) is 11.3 Å². The van der Waals surface area contributed by atoms with Crippen molar-refractivity contribution >= 4 is 17.7 Å². The number of nitrogens with zero attached hydrogens (tertiary/aromatic N) is 1. The zero-order chi connectivity index (χ0) is 10.7. The molecule has 0 bridgehead atoms. The molecule has 0 saturated carbocycles. The second-order valence-electron chi connectivity index (χ2n) is 2.66. The summed E-state index contributed by atoms with van der Waals surface area (Å²) in [6.07, 6.45) is -1.20. The Hall–Kier alpha value is -2.04. The summed E-state index contributed by atoms with van der Waals surface area (Å²) in [5.41, 5.74) is 0.130. The summed E-state index contributed by atoms with van der Waals surface area (Å²) in [5, 5.41) is 17.5. The fourth-order valence-electron chi connectivity index (χ4n) is 1.05. The molecule has 0 heterocycles. The van der Waals surface area contributed by atoms with E-state index in [0.29, 0.717) is 0 Å². The van der Waals surface area contributed by atoms with Crippen molar-refractivity contribution in [3.8, 4) is 0 Å². The maximum Gasteiger partial charge on any atom is 0.411 e. The molecule has 0 atom stereocenters. The van der Waals surface area contributed by atoms with Crippen LogP contribution < -0.4 is 4.90 Å². The highest BCUT2D eigenvalue weighted by molar-refractivity contribution is 5.99. The number of carbonyl (C=O) groups is 2. The van der Waals surface area contributed by atoms with Gasteiger partial charge in [-0.3, -0.25) is 4.90 Å². The van der Waals surface area contributed by atoms with Crippen molar-refractivity contribution in [3.05, 3.63) is 29.8 Å². The lowest BCUT2D eigenvalue weighted by molar-refractivity contribution is 0.0697. The molecule has 0 unspecified atom stereocenters. The van der Waals surface area contributed by atoms with E-state index in [1.54, 1.807) is 12.1 Å². The summed E-state index contributed by atoms with van der Waals surface area (Å²) in [4.78, 5) is 22.2. The van der Waals surface area contributed by atoms with E-state index in [2.05, 4.69) is 0 Å². The highest BCUT2D eigenvalue weighted by Gasteiger charge is 2.16. The number of aromatic carboxylic acids is 1. The first kappa shape index (κ1) is 10.0. The lowest BCUT2D eigenvalue weighted by Gasteiger charge is -2.14. The molecular weight excluding hydrogens is 186 g/mol. The van der Waals surface area contributed by atoms with Crippen molar-refractivity contribution in [3.63, 3.8) is 0 Å². The molecule has 0 spiro atoms. The van der Waals surface area contributed by atoms with Gasteiger partial charge < -0.3 is 10.2 Å². The maximum absolute atomic E-state index is 10.7. The van der Waals surface area contributed by atoms with Gasteiger partial charge in [-0.2, -0.15) is 0 Å². The zero-order valence-electron chi connectivity index (χ0n) is 7.47. The Balaban J connectivity index is 3.19. The standard InChI is InChI=1S/C9H9NO4/c1-10(9(13)14)7-5-3-2-4-6(7)8(11)12/h2-5H,1H3,(H,11,12)(H,13,14). The summed E-state index contributed by atoms with van der Waals surface area (Å²) in [6.45, 7) is 0. The van der Waals surface area contributed by atoms with Crippen molar-refractivity contribution in [2.24, 2.45) is 0 Å². The Morgan fingerprint density at radius 2 is 1.79 bits per heavy atom. The Bertz CT molecular complexity index is 375. The molecule has 14 heavy (non-hydrogen) atoms. The molecule has 5 heteroatoms. The van der Waals surface area contributed by atoms with Gasteiger partial charge in [-0.05, 0) is 12.1 Å². The van der Waals surface area contributed by atoms with Crippen LogP contribution in [0.15, 0.2) is 24.3 Å². The summed E-state index contributed by atoms with van der Waals surface area (Å²) in [5.74, 6) is -1.14. The van der Waals surface area contributed by atoms with Crippen LogP contribution in [0.1, 0.15) is 10.4 Å². The van der Waals surface area contributed by atoms with Crippen molar-refractivity contribution in [2.75, 3.05) is 11.9 Å². The number of rotatable bonds is 2. The quantitative estimate of drug-likeness (QED) is 0.749. The van der Waals surface area contributed by atoms with Crippen molar-refractivity contribution in [1.29, 1.82) is 0 Å². The van der Waals surface area contributed by atoms with Crippen LogP contribution in [-0.2, 0) is 0 Å². The third kappa shape index (κ3) is 1.82. The fourth-order valence-corrected chi connectivity index (χ4v) is 1.05. The monoisotopic (exact) mass is 195 g/mol. The van der Waals surface area contributed by atoms with Crippen LogP contribution in [-0.4, -0.2) is 29.3 Å². The zero-order valence-corrected chi connectivity index (χ0v) is 7.47. The molecule has 0 radical (unpaired) electrons. The lowest BCUT2D eigenvalue weighted by atomic mass is 10.1. The molecule has 2 N–H and O–H groups in total. The van der Waals surface area contributed by atoms with E-state index in [9.17, 15) is 9.59 Å². The summed E-state index contributed by atoms with van der Waals surface area (Å²) in [7, 11) is 1.30. The van der Waals surface area contributed by atoms with Crippen molar-refractivity contribution in [1.82, 2.24) is 0 Å². The minimum absolute atomic E-state index is 0.0302. The van der Waals surface area contributed by atoms with Gasteiger partial charge in [0.15, 0.2) is 0 Å². The van der Waals surface area contributed by atoms with Gasteiger partial charge in [-0.1, -0.05) is 12.1 Å². The van der Waals surface area contributed by atoms with E-state index in [0.717, 1.165) is 4.90 Å². The molecule has 1 rings (SSSR count). The highest BCUT2D eigenvalue weighted by atomic mass is 16.4. The number of amides is 1. The maximum atomic E-state index is 10.7. The molecule has 1 aromatic carbocycles. The minimum atomic E-state index is -1.20. The van der Waals surface area contributed by atoms with Crippen LogP contribution in [0.4, 0.5) is 10.5 Å². The van der Waals surface area contributed by atoms with Crippen LogP contribution in [0.2, 0.25) is 0 Å². The number of para-hydroxylation sites is 1. The average Bonchev–Trinajstić information content (AvgIpc) is 2.16. The van der Waals surface area contributed by atoms with E-state index >= 15 is 0 Å². The summed E-state index contributed by atoms with van der Waals surface area (Å²) in [6, 6.07) is 5.93. The SMILES string of the molecule is CN(C(=O)O)c1ccccc1C(=O)O. The predicted octanol–water partition coefficient (Wildman–Crippen LogP) is 1.50. The predicted molar refractivity (Wildman–Crippen MR) is 49.8 cm³/mol. The molecule has 0 saturated heterocycles. The van der Waals surface area contributed by atoms with Crippen molar-refractivity contribution < 1.29 is 19.8 Å². The summed E-state index contributed by atoms with van der Waals surface area (Å²) >= 11 is 0. The smallest absolute Gasteiger partial charge is 0.411 e. The van der Waals surface area contributed by atoms with E-state index in [1.165, 1.54) is 19.2 Å². The number of anilines is 1. The summed E-state index contributed by atoms with van der Waals surface area (Å²) < 4.78 is 0. The molecule has 1 aromatic rings. The topological polar surface area (TPSA) is 77.8 Å². The molecule has 0 fully saturated rings. The van der Waals surface area contributed by atoms with Gasteiger partial charge in [0, 0.05) is 7.05 Å². The highest BCUT2D eigenvalue weighted by Crippen LogP contribution is 2.18. The average molecular weight is 195 g/mol. The molecule has 0 aliphatic rings. The van der Waals surface area contributed by atoms with E-state index < -0.39 is 12.1 Å². The number of carboxylic acid groups (broad SMARTS) is 2. The van der Waals surface area contributed by atoms with Crippen LogP contribution in [0, 0.1) is 0 Å². The number of benzene rings is 1. The first-order valence-electron chi connectivity index (χ1n) is 3.83. The normalized spacial score (nSPS) is 9.50. The molecule has 0 aromatic heterocycles. The Kier molecular flexibility index (Phi) is 2.71. The Morgan fingerprint density at radius 3 is 2.29 bits per heavy atom. The van der Waals surface area contributed by atoms with Crippen LogP contribution in [0.25, 0.3) is 0 Å². The molecule has 74 valence electrons. The number of carboxylic acids is 1. The van der Waals surface area contributed by atoms with E-state index in [1.807, 2.05) is 0 Å². The largest absolute Gasteiger partial charge is 0.478 e. The minimum Gasteiger partial charge on any atom is -0.478 e. The van der Waals surface area contributed by atoms with Gasteiger partial charge in [0.05, 0.1) is 11.3 Å². The van der Waals surface area contributed by atoms with Gasteiger partial charge in [0.2, 0.25) is 0 Å². The molecule has 1 amide bonds. The first-order chi connectivity index (χ1) is 6.54. The molecular formula is C9H9NO4. The van der Waals surface area contributed by atoms with Gasteiger partial charge in [-0.15, -0.1) is 0 Å². The number of hydrogen-bond donors (Lipinski definition) is 2. The van der Waals surface area contributed by atoms with Crippen LogP contribution in [0.3, 0.4) is 0 Å². The second-order valence-corrected chi connectivity index (χ2v) is 2.66. The Labute approximate surface area is 80.2 Å². The number of hydrogen-bond acceptors (Lipinski definition) is 2. The van der Waals surface area contributed by atoms with Gasteiger partial charge in [0.25, 0.3) is 0 Å². The molecule has 5 nitrogen and oxygen atoms in total. The Morgan fingerprint density at radius 1 is 1.21 bits per heavy atom. The van der Waals surface area contributed by atoms with Crippen LogP contribution in [0.5, 0.6) is 0 Å². The fraction of sp³-hybridized carbons (Fsp3) is 0.111. The molecule has 0 aliphatic carbocycles. The first-order valence-corrected chi connectivity index (χ1v) is 3.83. The third-order valence-corrected chi connectivity index (χ3v) is 1.78. The van der Waals surface area contributed by atoms with Crippen LogP contribution >= 0.6 is 0 Å².